The number of carbonyl (C=O) groups is 1. The minimum absolute atomic E-state index is 0.608. The molecule has 0 atom stereocenters. The van der Waals surface area contributed by atoms with Crippen molar-refractivity contribution < 1.29 is 4.79 Å². The maximum Gasteiger partial charge on any atom is 0.168 e. The Morgan fingerprint density at radius 1 is 1.62 bits per heavy atom. The first kappa shape index (κ1) is 8.44. The molecule has 2 aromatic rings. The molecular weight excluding hydrogens is 232 g/mol. The van der Waals surface area contributed by atoms with Gasteiger partial charge in [0.1, 0.15) is 5.69 Å². The van der Waals surface area contributed by atoms with Crippen molar-refractivity contribution in [1.29, 1.82) is 0 Å². The second kappa shape index (κ2) is 2.96. The van der Waals surface area contributed by atoms with Crippen molar-refractivity contribution in [3.8, 4) is 0 Å². The number of aryl methyl sites for hydroxylation is 1. The highest BCUT2D eigenvalue weighted by Gasteiger charge is 2.08. The van der Waals surface area contributed by atoms with Crippen LogP contribution in [0.4, 0.5) is 0 Å². The summed E-state index contributed by atoms with van der Waals surface area (Å²) in [5.74, 6) is 0. The predicted octanol–water partition coefficient (Wildman–Crippen LogP) is 2.22. The van der Waals surface area contributed by atoms with Gasteiger partial charge >= 0.3 is 0 Å². The predicted molar refractivity (Wildman–Crippen MR) is 53.0 cm³/mol. The number of pyridine rings is 1. The molecule has 0 saturated carbocycles. The van der Waals surface area contributed by atoms with E-state index in [1.165, 1.54) is 0 Å². The van der Waals surface area contributed by atoms with Crippen LogP contribution in [0, 0.1) is 6.92 Å². The molecule has 0 aliphatic carbocycles. The Kier molecular flexibility index (Phi) is 1.92. The van der Waals surface area contributed by atoms with Gasteiger partial charge in [0.25, 0.3) is 0 Å². The summed E-state index contributed by atoms with van der Waals surface area (Å²) in [5.41, 5.74) is 2.14. The standard InChI is InChI=1S/C9H7BrN2O/c1-6-8(5-13)12-4-2-3-7(10)9(12)11-6/h2-5H,1H3. The van der Waals surface area contributed by atoms with Gasteiger partial charge in [-0.1, -0.05) is 0 Å². The van der Waals surface area contributed by atoms with Gasteiger partial charge in [0.05, 0.1) is 10.2 Å². The van der Waals surface area contributed by atoms with E-state index in [4.69, 9.17) is 0 Å². The van der Waals surface area contributed by atoms with Crippen LogP contribution in [0.25, 0.3) is 5.65 Å². The fraction of sp³-hybridized carbons (Fsp3) is 0.111. The molecule has 0 radical (unpaired) electrons. The molecular formula is C9H7BrN2O. The Bertz CT molecular complexity index is 476. The van der Waals surface area contributed by atoms with E-state index in [1.54, 1.807) is 4.40 Å². The number of fused-ring (bicyclic) bond motifs is 1. The molecule has 0 saturated heterocycles. The minimum atomic E-state index is 0.608. The number of aldehydes is 1. The molecule has 66 valence electrons. The number of imidazole rings is 1. The van der Waals surface area contributed by atoms with Crippen LogP contribution in [0.15, 0.2) is 22.8 Å². The first-order chi connectivity index (χ1) is 6.24. The van der Waals surface area contributed by atoms with Crippen molar-refractivity contribution in [2.45, 2.75) is 6.92 Å². The van der Waals surface area contributed by atoms with Gasteiger partial charge in [-0.2, -0.15) is 0 Å². The van der Waals surface area contributed by atoms with E-state index in [2.05, 4.69) is 20.9 Å². The summed E-state index contributed by atoms with van der Waals surface area (Å²) in [7, 11) is 0. The Morgan fingerprint density at radius 3 is 3.08 bits per heavy atom. The zero-order chi connectivity index (χ0) is 9.42. The largest absolute Gasteiger partial charge is 0.296 e. The van der Waals surface area contributed by atoms with Gasteiger partial charge in [-0.25, -0.2) is 4.98 Å². The zero-order valence-corrected chi connectivity index (χ0v) is 8.58. The normalized spacial score (nSPS) is 10.6. The lowest BCUT2D eigenvalue weighted by Gasteiger charge is -1.95. The quantitative estimate of drug-likeness (QED) is 0.715. The van der Waals surface area contributed by atoms with Crippen molar-refractivity contribution in [1.82, 2.24) is 9.38 Å². The second-order valence-corrected chi connectivity index (χ2v) is 3.60. The van der Waals surface area contributed by atoms with Crippen molar-refractivity contribution in [3.63, 3.8) is 0 Å². The first-order valence-electron chi connectivity index (χ1n) is 3.82. The lowest BCUT2D eigenvalue weighted by molar-refractivity contribution is 0.111. The van der Waals surface area contributed by atoms with Crippen molar-refractivity contribution in [2.75, 3.05) is 0 Å². The summed E-state index contributed by atoms with van der Waals surface area (Å²) >= 11 is 3.37. The second-order valence-electron chi connectivity index (χ2n) is 2.75. The van der Waals surface area contributed by atoms with E-state index < -0.39 is 0 Å². The molecule has 4 heteroatoms. The van der Waals surface area contributed by atoms with Crippen molar-refractivity contribution in [3.05, 3.63) is 34.2 Å². The third-order valence-corrected chi connectivity index (χ3v) is 2.55. The fourth-order valence-electron chi connectivity index (χ4n) is 1.31. The molecule has 2 rings (SSSR count). The summed E-state index contributed by atoms with van der Waals surface area (Å²) in [6.07, 6.45) is 2.64. The number of rotatable bonds is 1. The van der Waals surface area contributed by atoms with Gasteiger partial charge in [0.15, 0.2) is 11.9 Å². The van der Waals surface area contributed by atoms with Gasteiger partial charge in [-0.15, -0.1) is 0 Å². The third kappa shape index (κ3) is 1.18. The van der Waals surface area contributed by atoms with Crippen LogP contribution in [0.5, 0.6) is 0 Å². The van der Waals surface area contributed by atoms with E-state index in [0.29, 0.717) is 5.69 Å². The molecule has 0 N–H and O–H groups in total. The van der Waals surface area contributed by atoms with Crippen LogP contribution in [0.2, 0.25) is 0 Å². The molecule has 0 aliphatic heterocycles. The average molecular weight is 239 g/mol. The lowest BCUT2D eigenvalue weighted by atomic mass is 10.4. The zero-order valence-electron chi connectivity index (χ0n) is 6.99. The summed E-state index contributed by atoms with van der Waals surface area (Å²) in [6, 6.07) is 3.77. The smallest absolute Gasteiger partial charge is 0.168 e. The van der Waals surface area contributed by atoms with Gasteiger partial charge in [0.2, 0.25) is 0 Å². The number of hydrogen-bond donors (Lipinski definition) is 0. The molecule has 0 amide bonds. The number of nitrogens with zero attached hydrogens (tertiary/aromatic N) is 2. The minimum Gasteiger partial charge on any atom is -0.296 e. The average Bonchev–Trinajstić information content (AvgIpc) is 2.43. The summed E-state index contributed by atoms with van der Waals surface area (Å²) < 4.78 is 2.66. The molecule has 13 heavy (non-hydrogen) atoms. The molecule has 0 spiro atoms. The maximum atomic E-state index is 10.7. The van der Waals surface area contributed by atoms with Gasteiger partial charge < -0.3 is 0 Å². The number of aromatic nitrogens is 2. The Morgan fingerprint density at radius 2 is 2.38 bits per heavy atom. The summed E-state index contributed by atoms with van der Waals surface area (Å²) in [6.45, 7) is 1.82. The lowest BCUT2D eigenvalue weighted by Crippen LogP contribution is -1.91. The highest BCUT2D eigenvalue weighted by molar-refractivity contribution is 9.10. The molecule has 0 bridgehead atoms. The molecule has 0 aromatic carbocycles. The van der Waals surface area contributed by atoms with Crippen LogP contribution in [-0.2, 0) is 0 Å². The molecule has 0 aliphatic rings. The van der Waals surface area contributed by atoms with Crippen LogP contribution >= 0.6 is 15.9 Å². The summed E-state index contributed by atoms with van der Waals surface area (Å²) in [5, 5.41) is 0. The van der Waals surface area contributed by atoms with E-state index >= 15 is 0 Å². The third-order valence-electron chi connectivity index (χ3n) is 1.93. The molecule has 2 heterocycles. The molecule has 3 nitrogen and oxygen atoms in total. The molecule has 2 aromatic heterocycles. The van der Waals surface area contributed by atoms with Gasteiger partial charge in [-0.05, 0) is 35.0 Å². The van der Waals surface area contributed by atoms with Crippen LogP contribution in [-0.4, -0.2) is 15.7 Å². The van der Waals surface area contributed by atoms with Crippen LogP contribution < -0.4 is 0 Å². The van der Waals surface area contributed by atoms with E-state index in [0.717, 1.165) is 22.1 Å². The Hall–Kier alpha value is -1.16. The molecule has 0 fully saturated rings. The van der Waals surface area contributed by atoms with Crippen LogP contribution in [0.1, 0.15) is 16.2 Å². The van der Waals surface area contributed by atoms with Crippen molar-refractivity contribution >= 4 is 27.9 Å². The van der Waals surface area contributed by atoms with Gasteiger partial charge in [0, 0.05) is 6.20 Å². The SMILES string of the molecule is Cc1nc2c(Br)cccn2c1C=O. The number of hydrogen-bond acceptors (Lipinski definition) is 2. The highest BCUT2D eigenvalue weighted by Crippen LogP contribution is 2.18. The number of carbonyl (C=O) groups excluding carboxylic acids is 1. The topological polar surface area (TPSA) is 34.4 Å². The summed E-state index contributed by atoms with van der Waals surface area (Å²) in [4.78, 5) is 15.0. The fourth-order valence-corrected chi connectivity index (χ4v) is 1.74. The Labute approximate surface area is 83.5 Å². The number of halogens is 1. The highest BCUT2D eigenvalue weighted by atomic mass is 79.9. The van der Waals surface area contributed by atoms with Crippen LogP contribution in [0.3, 0.4) is 0 Å². The first-order valence-corrected chi connectivity index (χ1v) is 4.61. The van der Waals surface area contributed by atoms with E-state index in [-0.39, 0.29) is 0 Å². The monoisotopic (exact) mass is 238 g/mol. The van der Waals surface area contributed by atoms with Gasteiger partial charge in [-0.3, -0.25) is 9.20 Å². The van der Waals surface area contributed by atoms with Crippen molar-refractivity contribution in [2.24, 2.45) is 0 Å². The maximum absolute atomic E-state index is 10.7. The molecule has 0 unspecified atom stereocenters. The van der Waals surface area contributed by atoms with E-state index in [1.807, 2.05) is 25.3 Å². The Balaban J connectivity index is 2.93. The van der Waals surface area contributed by atoms with E-state index in [9.17, 15) is 4.79 Å².